The van der Waals surface area contributed by atoms with Crippen molar-refractivity contribution in [2.24, 2.45) is 0 Å². The van der Waals surface area contributed by atoms with Crippen LogP contribution in [0.1, 0.15) is 11.1 Å². The number of aryl methyl sites for hydroxylation is 1. The summed E-state index contributed by atoms with van der Waals surface area (Å²) in [6, 6.07) is 5.62. The maximum atomic E-state index is 11.4. The molecule has 0 aliphatic carbocycles. The van der Waals surface area contributed by atoms with Gasteiger partial charge in [0.2, 0.25) is 0 Å². The van der Waals surface area contributed by atoms with Crippen molar-refractivity contribution in [1.82, 2.24) is 0 Å². The third kappa shape index (κ3) is 3.90. The first kappa shape index (κ1) is 12.5. The highest BCUT2D eigenvalue weighted by Gasteiger charge is 2.07. The Bertz CT molecular complexity index is 363. The fraction of sp³-hybridized carbons (Fsp3) is 0.417. The maximum absolute atomic E-state index is 11.4. The molecule has 2 N–H and O–H groups in total. The van der Waals surface area contributed by atoms with Crippen LogP contribution in [0.4, 0.5) is 5.69 Å². The van der Waals surface area contributed by atoms with Gasteiger partial charge < -0.3 is 15.2 Å². The van der Waals surface area contributed by atoms with Gasteiger partial charge in [0.1, 0.15) is 6.61 Å². The van der Waals surface area contributed by atoms with Crippen LogP contribution in [-0.4, -0.2) is 26.3 Å². The van der Waals surface area contributed by atoms with Gasteiger partial charge >= 0.3 is 5.97 Å². The van der Waals surface area contributed by atoms with E-state index in [0.29, 0.717) is 12.3 Å². The van der Waals surface area contributed by atoms with Crippen molar-refractivity contribution in [3.63, 3.8) is 0 Å². The van der Waals surface area contributed by atoms with Crippen LogP contribution in [0, 0.1) is 6.92 Å². The maximum Gasteiger partial charge on any atom is 0.310 e. The Hall–Kier alpha value is -1.55. The summed E-state index contributed by atoms with van der Waals surface area (Å²) in [4.78, 5) is 11.4. The Balaban J connectivity index is 2.49. The number of ether oxygens (including phenoxy) is 2. The minimum Gasteiger partial charge on any atom is -0.463 e. The first-order valence-electron chi connectivity index (χ1n) is 5.13. The van der Waals surface area contributed by atoms with Gasteiger partial charge in [0, 0.05) is 12.8 Å². The lowest BCUT2D eigenvalue weighted by molar-refractivity contribution is -0.144. The number of benzene rings is 1. The molecule has 1 rings (SSSR count). The van der Waals surface area contributed by atoms with Crippen molar-refractivity contribution in [1.29, 1.82) is 0 Å². The summed E-state index contributed by atoms with van der Waals surface area (Å²) in [5.74, 6) is -0.285. The fourth-order valence-corrected chi connectivity index (χ4v) is 1.32. The number of nitrogen functional groups attached to an aromatic ring is 1. The van der Waals surface area contributed by atoms with Crippen LogP contribution in [0.5, 0.6) is 0 Å². The molecule has 0 atom stereocenters. The lowest BCUT2D eigenvalue weighted by Crippen LogP contribution is -2.12. The zero-order chi connectivity index (χ0) is 12.0. The van der Waals surface area contributed by atoms with E-state index in [1.165, 1.54) is 0 Å². The second kappa shape index (κ2) is 6.12. The summed E-state index contributed by atoms with van der Waals surface area (Å²) in [6.45, 7) is 2.65. The molecule has 0 heterocycles. The molecule has 0 saturated heterocycles. The molecule has 0 saturated carbocycles. The highest BCUT2D eigenvalue weighted by atomic mass is 16.6. The first-order valence-corrected chi connectivity index (χ1v) is 5.13. The molecular formula is C12H17NO3. The second-order valence-electron chi connectivity index (χ2n) is 3.59. The Kier molecular flexibility index (Phi) is 4.79. The number of rotatable bonds is 5. The average molecular weight is 223 g/mol. The summed E-state index contributed by atoms with van der Waals surface area (Å²) in [6.07, 6.45) is 0.204. The molecule has 0 aliphatic heterocycles. The van der Waals surface area contributed by atoms with Crippen LogP contribution >= 0.6 is 0 Å². The number of nitrogens with two attached hydrogens (primary N) is 1. The molecule has 1 aromatic carbocycles. The molecule has 0 aromatic heterocycles. The fourth-order valence-electron chi connectivity index (χ4n) is 1.32. The minimum atomic E-state index is -0.285. The summed E-state index contributed by atoms with van der Waals surface area (Å²) in [5, 5.41) is 0. The van der Waals surface area contributed by atoms with Crippen LogP contribution in [0.2, 0.25) is 0 Å². The quantitative estimate of drug-likeness (QED) is 0.464. The van der Waals surface area contributed by atoms with E-state index in [0.717, 1.165) is 11.1 Å². The number of carbonyl (C=O) groups is 1. The predicted molar refractivity (Wildman–Crippen MR) is 62.1 cm³/mol. The van der Waals surface area contributed by atoms with E-state index in [-0.39, 0.29) is 19.0 Å². The van der Waals surface area contributed by atoms with Crippen LogP contribution in [0.15, 0.2) is 18.2 Å². The zero-order valence-corrected chi connectivity index (χ0v) is 9.66. The molecule has 4 heteroatoms. The van der Waals surface area contributed by atoms with Crippen molar-refractivity contribution in [2.45, 2.75) is 13.3 Å². The van der Waals surface area contributed by atoms with Gasteiger partial charge in [-0.3, -0.25) is 4.79 Å². The summed E-state index contributed by atoms with van der Waals surface area (Å²) < 4.78 is 9.73. The molecule has 0 spiro atoms. The molecule has 0 fully saturated rings. The summed E-state index contributed by atoms with van der Waals surface area (Å²) in [7, 11) is 1.56. The van der Waals surface area contributed by atoms with E-state index in [9.17, 15) is 4.79 Å². The van der Waals surface area contributed by atoms with Crippen LogP contribution in [0.25, 0.3) is 0 Å². The molecule has 0 amide bonds. The second-order valence-corrected chi connectivity index (χ2v) is 3.59. The van der Waals surface area contributed by atoms with Crippen LogP contribution in [0.3, 0.4) is 0 Å². The average Bonchev–Trinajstić information content (AvgIpc) is 2.23. The number of anilines is 1. The van der Waals surface area contributed by atoms with Gasteiger partial charge in [-0.25, -0.2) is 0 Å². The number of hydrogen-bond donors (Lipinski definition) is 1. The van der Waals surface area contributed by atoms with Crippen molar-refractivity contribution >= 4 is 11.7 Å². The van der Waals surface area contributed by atoms with Crippen molar-refractivity contribution < 1.29 is 14.3 Å². The van der Waals surface area contributed by atoms with Crippen molar-refractivity contribution in [2.75, 3.05) is 26.1 Å². The molecule has 88 valence electrons. The van der Waals surface area contributed by atoms with Crippen molar-refractivity contribution in [3.05, 3.63) is 29.3 Å². The molecule has 0 bridgehead atoms. The van der Waals surface area contributed by atoms with E-state index >= 15 is 0 Å². The third-order valence-corrected chi connectivity index (χ3v) is 2.19. The van der Waals surface area contributed by atoms with Gasteiger partial charge in [-0.15, -0.1) is 0 Å². The summed E-state index contributed by atoms with van der Waals surface area (Å²) >= 11 is 0. The minimum absolute atomic E-state index is 0.204. The first-order chi connectivity index (χ1) is 7.63. The van der Waals surface area contributed by atoms with E-state index in [1.54, 1.807) is 7.11 Å². The van der Waals surface area contributed by atoms with Crippen molar-refractivity contribution in [3.8, 4) is 0 Å². The molecular weight excluding hydrogens is 206 g/mol. The van der Waals surface area contributed by atoms with Gasteiger partial charge in [-0.05, 0) is 24.1 Å². The Labute approximate surface area is 95.3 Å². The Morgan fingerprint density at radius 1 is 1.38 bits per heavy atom. The van der Waals surface area contributed by atoms with E-state index in [4.69, 9.17) is 15.2 Å². The van der Waals surface area contributed by atoms with Gasteiger partial charge in [0.25, 0.3) is 0 Å². The van der Waals surface area contributed by atoms with Gasteiger partial charge in [0.15, 0.2) is 0 Å². The molecule has 0 radical (unpaired) electrons. The molecule has 1 aromatic rings. The highest BCUT2D eigenvalue weighted by molar-refractivity contribution is 5.75. The number of methoxy groups -OCH3 is 1. The van der Waals surface area contributed by atoms with E-state index in [2.05, 4.69) is 0 Å². The smallest absolute Gasteiger partial charge is 0.310 e. The SMILES string of the molecule is COCCOC(=O)Cc1ccc(C)cc1N. The summed E-state index contributed by atoms with van der Waals surface area (Å²) in [5.41, 5.74) is 8.30. The topological polar surface area (TPSA) is 61.5 Å². The predicted octanol–water partition coefficient (Wildman–Crippen LogP) is 1.31. The molecule has 16 heavy (non-hydrogen) atoms. The lowest BCUT2D eigenvalue weighted by atomic mass is 10.1. The lowest BCUT2D eigenvalue weighted by Gasteiger charge is -2.07. The highest BCUT2D eigenvalue weighted by Crippen LogP contribution is 2.14. The van der Waals surface area contributed by atoms with Crippen LogP contribution in [-0.2, 0) is 20.7 Å². The largest absolute Gasteiger partial charge is 0.463 e. The van der Waals surface area contributed by atoms with Crippen LogP contribution < -0.4 is 5.73 Å². The van der Waals surface area contributed by atoms with Gasteiger partial charge in [-0.2, -0.15) is 0 Å². The zero-order valence-electron chi connectivity index (χ0n) is 9.66. The third-order valence-electron chi connectivity index (χ3n) is 2.19. The monoisotopic (exact) mass is 223 g/mol. The van der Waals surface area contributed by atoms with E-state index < -0.39 is 0 Å². The Morgan fingerprint density at radius 3 is 2.75 bits per heavy atom. The standard InChI is InChI=1S/C12H17NO3/c1-9-3-4-10(11(13)7-9)8-12(14)16-6-5-15-2/h3-4,7H,5-6,8,13H2,1-2H3. The van der Waals surface area contributed by atoms with Gasteiger partial charge in [0.05, 0.1) is 13.0 Å². The number of hydrogen-bond acceptors (Lipinski definition) is 4. The Morgan fingerprint density at radius 2 is 2.12 bits per heavy atom. The molecule has 0 unspecified atom stereocenters. The number of esters is 1. The number of carbonyl (C=O) groups excluding carboxylic acids is 1. The molecule has 0 aliphatic rings. The van der Waals surface area contributed by atoms with E-state index in [1.807, 2.05) is 25.1 Å². The molecule has 4 nitrogen and oxygen atoms in total. The van der Waals surface area contributed by atoms with Gasteiger partial charge in [-0.1, -0.05) is 12.1 Å². The normalized spacial score (nSPS) is 10.1.